The molecule has 2 aromatic rings. The Morgan fingerprint density at radius 2 is 2.28 bits per heavy atom. The van der Waals surface area contributed by atoms with Crippen molar-refractivity contribution in [1.82, 2.24) is 9.97 Å². The zero-order valence-corrected chi connectivity index (χ0v) is 10.1. The van der Waals surface area contributed by atoms with E-state index in [1.54, 1.807) is 0 Å². The molecule has 5 heteroatoms. The normalized spacial score (nSPS) is 10.1. The molecule has 2 rings (SSSR count). The van der Waals surface area contributed by atoms with Crippen LogP contribution >= 0.6 is 0 Å². The minimum atomic E-state index is -0.174. The van der Waals surface area contributed by atoms with Crippen molar-refractivity contribution < 1.29 is 4.74 Å². The van der Waals surface area contributed by atoms with E-state index in [2.05, 4.69) is 15.3 Å². The summed E-state index contributed by atoms with van der Waals surface area (Å²) in [6.07, 6.45) is 1.37. The van der Waals surface area contributed by atoms with E-state index in [1.807, 2.05) is 31.2 Å². The predicted octanol–water partition coefficient (Wildman–Crippen LogP) is 1.57. The highest BCUT2D eigenvalue weighted by Gasteiger charge is 1.96. The number of aryl methyl sites for hydroxylation is 1. The average Bonchev–Trinajstić information content (AvgIpc) is 2.35. The summed E-state index contributed by atoms with van der Waals surface area (Å²) >= 11 is 0. The van der Waals surface area contributed by atoms with Crippen molar-refractivity contribution in [2.24, 2.45) is 0 Å². The minimum Gasteiger partial charge on any atom is -0.492 e. The van der Waals surface area contributed by atoms with E-state index < -0.39 is 0 Å². The molecule has 0 aliphatic heterocycles. The third-order valence-corrected chi connectivity index (χ3v) is 2.34. The summed E-state index contributed by atoms with van der Waals surface area (Å²) in [6.45, 7) is 3.12. The van der Waals surface area contributed by atoms with Crippen molar-refractivity contribution in [3.8, 4) is 5.75 Å². The number of aromatic nitrogens is 2. The number of hydrogen-bond donors (Lipinski definition) is 2. The molecule has 0 saturated heterocycles. The lowest BCUT2D eigenvalue weighted by atomic mass is 10.2. The van der Waals surface area contributed by atoms with E-state index in [-0.39, 0.29) is 5.56 Å². The highest BCUT2D eigenvalue weighted by molar-refractivity contribution is 5.31. The molecular weight excluding hydrogens is 230 g/mol. The Bertz CT molecular complexity index is 566. The van der Waals surface area contributed by atoms with Gasteiger partial charge in [0.25, 0.3) is 5.56 Å². The molecule has 0 bridgehead atoms. The third kappa shape index (κ3) is 3.62. The lowest BCUT2D eigenvalue weighted by Gasteiger charge is -2.08. The predicted molar refractivity (Wildman–Crippen MR) is 70.0 cm³/mol. The van der Waals surface area contributed by atoms with Gasteiger partial charge >= 0.3 is 0 Å². The molecule has 1 aromatic carbocycles. The number of hydrogen-bond acceptors (Lipinski definition) is 4. The van der Waals surface area contributed by atoms with Crippen LogP contribution in [0.3, 0.4) is 0 Å². The van der Waals surface area contributed by atoms with Gasteiger partial charge in [-0.1, -0.05) is 12.1 Å². The molecule has 0 amide bonds. The Morgan fingerprint density at radius 1 is 1.39 bits per heavy atom. The molecule has 5 nitrogen and oxygen atoms in total. The second kappa shape index (κ2) is 5.86. The summed E-state index contributed by atoms with van der Waals surface area (Å²) < 4.78 is 5.56. The van der Waals surface area contributed by atoms with Gasteiger partial charge in [0.2, 0.25) is 0 Å². The topological polar surface area (TPSA) is 67.0 Å². The molecule has 1 aromatic heterocycles. The van der Waals surface area contributed by atoms with Gasteiger partial charge in [-0.05, 0) is 24.6 Å². The van der Waals surface area contributed by atoms with Crippen LogP contribution in [0.5, 0.6) is 5.75 Å². The van der Waals surface area contributed by atoms with Crippen molar-refractivity contribution in [3.63, 3.8) is 0 Å². The highest BCUT2D eigenvalue weighted by atomic mass is 16.5. The summed E-state index contributed by atoms with van der Waals surface area (Å²) in [5.41, 5.74) is 0.990. The first-order valence-electron chi connectivity index (χ1n) is 5.72. The first-order valence-corrected chi connectivity index (χ1v) is 5.72. The fraction of sp³-hybridized carbons (Fsp3) is 0.231. The van der Waals surface area contributed by atoms with E-state index in [0.29, 0.717) is 19.0 Å². The Hall–Kier alpha value is -2.30. The fourth-order valence-corrected chi connectivity index (χ4v) is 1.52. The van der Waals surface area contributed by atoms with Crippen molar-refractivity contribution in [2.45, 2.75) is 6.92 Å². The maximum absolute atomic E-state index is 11.0. The number of benzene rings is 1. The minimum absolute atomic E-state index is 0.174. The van der Waals surface area contributed by atoms with Crippen LogP contribution in [0.1, 0.15) is 5.56 Å². The molecule has 0 radical (unpaired) electrons. The van der Waals surface area contributed by atoms with Crippen molar-refractivity contribution in [2.75, 3.05) is 18.5 Å². The van der Waals surface area contributed by atoms with Gasteiger partial charge in [-0.2, -0.15) is 0 Å². The van der Waals surface area contributed by atoms with Gasteiger partial charge in [0.15, 0.2) is 0 Å². The van der Waals surface area contributed by atoms with Crippen molar-refractivity contribution >= 4 is 5.82 Å². The van der Waals surface area contributed by atoms with Crippen LogP contribution in [-0.2, 0) is 0 Å². The molecule has 0 saturated carbocycles. The monoisotopic (exact) mass is 245 g/mol. The van der Waals surface area contributed by atoms with Crippen LogP contribution in [0.25, 0.3) is 0 Å². The number of ether oxygens (including phenoxy) is 1. The summed E-state index contributed by atoms with van der Waals surface area (Å²) in [5, 5.41) is 3.01. The fourth-order valence-electron chi connectivity index (χ4n) is 1.52. The van der Waals surface area contributed by atoms with Gasteiger partial charge in [-0.3, -0.25) is 4.79 Å². The Morgan fingerprint density at radius 3 is 3.06 bits per heavy atom. The Labute approximate surface area is 105 Å². The van der Waals surface area contributed by atoms with Crippen LogP contribution in [0.2, 0.25) is 0 Å². The van der Waals surface area contributed by atoms with Crippen LogP contribution in [-0.4, -0.2) is 23.1 Å². The van der Waals surface area contributed by atoms with E-state index >= 15 is 0 Å². The smallest absolute Gasteiger partial charge is 0.252 e. The summed E-state index contributed by atoms with van der Waals surface area (Å²) in [5.74, 6) is 1.39. The molecule has 0 aliphatic carbocycles. The second-order valence-electron chi connectivity index (χ2n) is 3.89. The molecule has 0 fully saturated rings. The molecule has 1 heterocycles. The first kappa shape index (κ1) is 12.2. The van der Waals surface area contributed by atoms with Crippen LogP contribution in [0.4, 0.5) is 5.82 Å². The zero-order valence-electron chi connectivity index (χ0n) is 10.1. The quantitative estimate of drug-likeness (QED) is 0.785. The molecule has 0 spiro atoms. The van der Waals surface area contributed by atoms with Crippen molar-refractivity contribution in [1.29, 1.82) is 0 Å². The lowest BCUT2D eigenvalue weighted by molar-refractivity contribution is 0.332. The van der Waals surface area contributed by atoms with Gasteiger partial charge in [0.1, 0.15) is 18.2 Å². The molecule has 0 unspecified atom stereocenters. The Kier molecular flexibility index (Phi) is 3.96. The van der Waals surface area contributed by atoms with Crippen molar-refractivity contribution in [3.05, 3.63) is 52.6 Å². The van der Waals surface area contributed by atoms with Gasteiger partial charge < -0.3 is 15.0 Å². The largest absolute Gasteiger partial charge is 0.492 e. The van der Waals surface area contributed by atoms with Gasteiger partial charge in [0, 0.05) is 6.07 Å². The first-order chi connectivity index (χ1) is 8.74. The van der Waals surface area contributed by atoms with Gasteiger partial charge in [-0.25, -0.2) is 4.98 Å². The number of rotatable bonds is 5. The molecule has 0 atom stereocenters. The van der Waals surface area contributed by atoms with E-state index in [0.717, 1.165) is 11.3 Å². The maximum Gasteiger partial charge on any atom is 0.252 e. The van der Waals surface area contributed by atoms with Crippen LogP contribution in [0, 0.1) is 6.92 Å². The standard InChI is InChI=1S/C13H15N3O2/c1-10-3-2-4-11(7-10)18-6-5-14-12-8-13(17)16-9-15-12/h2-4,7-9H,5-6H2,1H3,(H2,14,15,16,17). The maximum atomic E-state index is 11.0. The molecule has 2 N–H and O–H groups in total. The van der Waals surface area contributed by atoms with Gasteiger partial charge in [0.05, 0.1) is 12.9 Å². The lowest BCUT2D eigenvalue weighted by Crippen LogP contribution is -2.14. The second-order valence-corrected chi connectivity index (χ2v) is 3.89. The van der Waals surface area contributed by atoms with Crippen LogP contribution in [0.15, 0.2) is 41.5 Å². The van der Waals surface area contributed by atoms with E-state index in [4.69, 9.17) is 4.74 Å². The SMILES string of the molecule is Cc1cccc(OCCNc2cc(=O)[nH]cn2)c1. The highest BCUT2D eigenvalue weighted by Crippen LogP contribution is 2.11. The summed E-state index contributed by atoms with van der Waals surface area (Å²) in [4.78, 5) is 17.4. The summed E-state index contributed by atoms with van der Waals surface area (Å²) in [7, 11) is 0. The summed E-state index contributed by atoms with van der Waals surface area (Å²) in [6, 6.07) is 9.28. The molecular formula is C13H15N3O2. The number of nitrogens with one attached hydrogen (secondary N) is 2. The molecule has 18 heavy (non-hydrogen) atoms. The number of H-pyrrole nitrogens is 1. The third-order valence-electron chi connectivity index (χ3n) is 2.34. The number of aromatic amines is 1. The van der Waals surface area contributed by atoms with E-state index in [9.17, 15) is 4.79 Å². The zero-order chi connectivity index (χ0) is 12.8. The average molecular weight is 245 g/mol. The van der Waals surface area contributed by atoms with Crippen LogP contribution < -0.4 is 15.6 Å². The molecule has 94 valence electrons. The van der Waals surface area contributed by atoms with E-state index in [1.165, 1.54) is 12.4 Å². The van der Waals surface area contributed by atoms with Gasteiger partial charge in [-0.15, -0.1) is 0 Å². The Balaban J connectivity index is 1.78. The number of nitrogens with zero attached hydrogens (tertiary/aromatic N) is 1. The number of anilines is 1. The molecule has 0 aliphatic rings.